The smallest absolute Gasteiger partial charge is 0.216 e. The molecule has 3 N–H and O–H groups in total. The molecule has 1 aromatic heterocycles. The molecule has 3 rings (SSSR count). The van der Waals surface area contributed by atoms with Crippen molar-refractivity contribution in [1.82, 2.24) is 15.2 Å². The number of nitrogens with two attached hydrogens (primary N) is 1. The van der Waals surface area contributed by atoms with Crippen molar-refractivity contribution < 1.29 is 0 Å². The molecule has 0 unspecified atom stereocenters. The Bertz CT molecular complexity index is 712. The molecule has 0 amide bonds. The van der Waals surface area contributed by atoms with Crippen LogP contribution in [0.1, 0.15) is 16.4 Å². The van der Waals surface area contributed by atoms with Gasteiger partial charge in [0, 0.05) is 5.02 Å². The lowest BCUT2D eigenvalue weighted by molar-refractivity contribution is 0.965. The summed E-state index contributed by atoms with van der Waals surface area (Å²) in [6.07, 6.45) is 0. The number of H-pyrrole nitrogens is 1. The molecule has 0 radical (unpaired) electrons. The van der Waals surface area contributed by atoms with Crippen LogP contribution >= 0.6 is 23.4 Å². The van der Waals surface area contributed by atoms with Gasteiger partial charge in [-0.2, -0.15) is 4.98 Å². The maximum absolute atomic E-state index is 5.97. The van der Waals surface area contributed by atoms with Gasteiger partial charge in [-0.1, -0.05) is 65.8 Å². The van der Waals surface area contributed by atoms with E-state index in [-0.39, 0.29) is 5.25 Å². The molecule has 0 fully saturated rings. The van der Waals surface area contributed by atoms with Crippen molar-refractivity contribution in [2.45, 2.75) is 10.4 Å². The Kier molecular flexibility index (Phi) is 4.13. The molecule has 0 aliphatic carbocycles. The van der Waals surface area contributed by atoms with E-state index in [0.717, 1.165) is 10.6 Å². The quantitative estimate of drug-likeness (QED) is 0.716. The highest BCUT2D eigenvalue weighted by Crippen LogP contribution is 2.39. The molecule has 2 aromatic carbocycles. The first-order valence-electron chi connectivity index (χ1n) is 6.37. The second-order valence-electron chi connectivity index (χ2n) is 4.46. The van der Waals surface area contributed by atoms with Crippen molar-refractivity contribution in [2.24, 2.45) is 0 Å². The lowest BCUT2D eigenvalue weighted by atomic mass is 10.0. The molecule has 0 saturated carbocycles. The second-order valence-corrected chi connectivity index (χ2v) is 5.97. The van der Waals surface area contributed by atoms with Crippen LogP contribution in [-0.4, -0.2) is 15.2 Å². The van der Waals surface area contributed by atoms with Crippen molar-refractivity contribution in [1.29, 1.82) is 0 Å². The van der Waals surface area contributed by atoms with E-state index in [4.69, 9.17) is 17.3 Å². The molecule has 3 aromatic rings. The monoisotopic (exact) mass is 316 g/mol. The molecule has 106 valence electrons. The van der Waals surface area contributed by atoms with Crippen LogP contribution in [0.25, 0.3) is 0 Å². The third kappa shape index (κ3) is 3.37. The zero-order valence-electron chi connectivity index (χ0n) is 11.0. The van der Waals surface area contributed by atoms with Gasteiger partial charge in [-0.3, -0.25) is 0 Å². The number of aromatic nitrogens is 3. The number of hydrogen-bond donors (Lipinski definition) is 2. The number of nitrogens with zero attached hydrogens (tertiary/aromatic N) is 2. The molecule has 0 saturated heterocycles. The number of hydrogen-bond acceptors (Lipinski definition) is 4. The summed E-state index contributed by atoms with van der Waals surface area (Å²) in [6.45, 7) is 0. The number of nitrogens with one attached hydrogen (secondary N) is 1. The first-order valence-corrected chi connectivity index (χ1v) is 7.63. The summed E-state index contributed by atoms with van der Waals surface area (Å²) in [7, 11) is 0. The van der Waals surface area contributed by atoms with Gasteiger partial charge in [-0.15, -0.1) is 5.10 Å². The number of benzene rings is 2. The van der Waals surface area contributed by atoms with E-state index < -0.39 is 0 Å². The first-order chi connectivity index (χ1) is 10.2. The Morgan fingerprint density at radius 3 is 2.29 bits per heavy atom. The van der Waals surface area contributed by atoms with Crippen LogP contribution in [0.2, 0.25) is 5.02 Å². The summed E-state index contributed by atoms with van der Waals surface area (Å²) in [5.74, 6) is 0.320. The van der Waals surface area contributed by atoms with Gasteiger partial charge in [0.2, 0.25) is 11.1 Å². The van der Waals surface area contributed by atoms with Crippen LogP contribution in [0.5, 0.6) is 0 Å². The highest BCUT2D eigenvalue weighted by atomic mass is 35.5. The average molecular weight is 317 g/mol. The molecule has 1 heterocycles. The van der Waals surface area contributed by atoms with Crippen molar-refractivity contribution in [2.75, 3.05) is 5.73 Å². The van der Waals surface area contributed by atoms with Crippen LogP contribution in [0, 0.1) is 0 Å². The predicted molar refractivity (Wildman–Crippen MR) is 86.4 cm³/mol. The van der Waals surface area contributed by atoms with E-state index in [1.165, 1.54) is 5.56 Å². The largest absolute Gasteiger partial charge is 0.368 e. The van der Waals surface area contributed by atoms with E-state index in [1.807, 2.05) is 42.5 Å². The van der Waals surface area contributed by atoms with Crippen LogP contribution in [0.3, 0.4) is 0 Å². The van der Waals surface area contributed by atoms with Crippen molar-refractivity contribution in [3.05, 3.63) is 70.7 Å². The normalized spacial score (nSPS) is 12.2. The number of anilines is 1. The third-order valence-electron chi connectivity index (χ3n) is 2.98. The standard InChI is InChI=1S/C15H13ClN4S/c16-12-8-6-11(7-9-12)13(10-4-2-1-3-5-10)21-15-18-14(17)19-20-15/h1-9,13H,(H3,17,18,19,20)/t13-/m0/s1. The molecule has 21 heavy (non-hydrogen) atoms. The van der Waals surface area contributed by atoms with Gasteiger partial charge in [0.25, 0.3) is 0 Å². The summed E-state index contributed by atoms with van der Waals surface area (Å²) >= 11 is 7.52. The summed E-state index contributed by atoms with van der Waals surface area (Å²) in [6, 6.07) is 18.0. The molecule has 6 heteroatoms. The van der Waals surface area contributed by atoms with E-state index >= 15 is 0 Å². The van der Waals surface area contributed by atoms with E-state index in [1.54, 1.807) is 11.8 Å². The van der Waals surface area contributed by atoms with Crippen LogP contribution < -0.4 is 5.73 Å². The molecule has 0 bridgehead atoms. The summed E-state index contributed by atoms with van der Waals surface area (Å²) in [5, 5.41) is 8.18. The van der Waals surface area contributed by atoms with E-state index in [9.17, 15) is 0 Å². The van der Waals surface area contributed by atoms with Gasteiger partial charge in [-0.05, 0) is 23.3 Å². The van der Waals surface area contributed by atoms with Crippen molar-refractivity contribution in [3.8, 4) is 0 Å². The van der Waals surface area contributed by atoms with Crippen molar-refractivity contribution >= 4 is 29.3 Å². The minimum Gasteiger partial charge on any atom is -0.368 e. The highest BCUT2D eigenvalue weighted by molar-refractivity contribution is 7.99. The van der Waals surface area contributed by atoms with Crippen LogP contribution in [0.15, 0.2) is 59.8 Å². The molecule has 0 spiro atoms. The zero-order valence-corrected chi connectivity index (χ0v) is 12.6. The Labute approximate surface area is 131 Å². The second kappa shape index (κ2) is 6.20. The lowest BCUT2D eigenvalue weighted by Crippen LogP contribution is -1.97. The van der Waals surface area contributed by atoms with Crippen LogP contribution in [0.4, 0.5) is 5.95 Å². The van der Waals surface area contributed by atoms with Gasteiger partial charge < -0.3 is 5.73 Å². The summed E-state index contributed by atoms with van der Waals surface area (Å²) < 4.78 is 0. The fourth-order valence-corrected chi connectivity index (χ4v) is 3.18. The van der Waals surface area contributed by atoms with Gasteiger partial charge in [0.05, 0.1) is 5.25 Å². The van der Waals surface area contributed by atoms with Gasteiger partial charge in [0.15, 0.2) is 0 Å². The fraction of sp³-hybridized carbons (Fsp3) is 0.0667. The van der Waals surface area contributed by atoms with Gasteiger partial charge in [-0.25, -0.2) is 5.10 Å². The number of thioether (sulfide) groups is 1. The van der Waals surface area contributed by atoms with Gasteiger partial charge in [0.1, 0.15) is 0 Å². The minimum absolute atomic E-state index is 0.0821. The highest BCUT2D eigenvalue weighted by Gasteiger charge is 2.18. The molecule has 4 nitrogen and oxygen atoms in total. The molecular weight excluding hydrogens is 304 g/mol. The Morgan fingerprint density at radius 2 is 1.67 bits per heavy atom. The first kappa shape index (κ1) is 14.0. The Hall–Kier alpha value is -1.98. The third-order valence-corrected chi connectivity index (χ3v) is 4.41. The predicted octanol–water partition coefficient (Wildman–Crippen LogP) is 3.92. The molecule has 1 atom stereocenters. The average Bonchev–Trinajstić information content (AvgIpc) is 2.92. The maximum Gasteiger partial charge on any atom is 0.216 e. The number of halogens is 1. The molecule has 0 aliphatic rings. The minimum atomic E-state index is 0.0821. The number of nitrogen functional groups attached to an aromatic ring is 1. The van der Waals surface area contributed by atoms with Crippen molar-refractivity contribution in [3.63, 3.8) is 0 Å². The molecule has 0 aliphatic heterocycles. The Balaban J connectivity index is 1.96. The number of rotatable bonds is 4. The SMILES string of the molecule is Nc1nc(S[C@@H](c2ccccc2)c2ccc(Cl)cc2)n[nH]1. The molecular formula is C15H13ClN4S. The lowest BCUT2D eigenvalue weighted by Gasteiger charge is -2.16. The zero-order chi connectivity index (χ0) is 14.7. The fourth-order valence-electron chi connectivity index (χ4n) is 2.01. The maximum atomic E-state index is 5.97. The number of aromatic amines is 1. The van der Waals surface area contributed by atoms with E-state index in [0.29, 0.717) is 11.1 Å². The van der Waals surface area contributed by atoms with Crippen LogP contribution in [-0.2, 0) is 0 Å². The summed E-state index contributed by atoms with van der Waals surface area (Å²) in [5.41, 5.74) is 7.90. The van der Waals surface area contributed by atoms with E-state index in [2.05, 4.69) is 27.3 Å². The topological polar surface area (TPSA) is 67.6 Å². The van der Waals surface area contributed by atoms with Gasteiger partial charge >= 0.3 is 0 Å². The summed E-state index contributed by atoms with van der Waals surface area (Å²) in [4.78, 5) is 4.17. The Morgan fingerprint density at radius 1 is 1.00 bits per heavy atom.